The predicted molar refractivity (Wildman–Crippen MR) is 110 cm³/mol. The van der Waals surface area contributed by atoms with Crippen molar-refractivity contribution in [3.63, 3.8) is 0 Å². The van der Waals surface area contributed by atoms with Crippen LogP contribution in [0, 0.1) is 0 Å². The number of nitrogens with zero attached hydrogens (tertiary/aromatic N) is 1. The maximum absolute atomic E-state index is 12.2. The number of alkyl halides is 3. The van der Waals surface area contributed by atoms with Crippen molar-refractivity contribution in [3.05, 3.63) is 65.7 Å². The number of guanidine groups is 1. The Labute approximate surface area is 173 Å². The van der Waals surface area contributed by atoms with E-state index in [0.29, 0.717) is 37.6 Å². The molecule has 0 aliphatic heterocycles. The van der Waals surface area contributed by atoms with Crippen LogP contribution in [0.25, 0.3) is 0 Å². The van der Waals surface area contributed by atoms with E-state index >= 15 is 0 Å². The molecular formula is C21H25F3N4O2. The monoisotopic (exact) mass is 422 g/mol. The molecule has 0 aliphatic rings. The number of nitrogens with one attached hydrogen (secondary N) is 3. The fraction of sp³-hybridized carbons (Fsp3) is 0.333. The Balaban J connectivity index is 1.64. The molecule has 0 heterocycles. The Morgan fingerprint density at radius 3 is 2.27 bits per heavy atom. The maximum atomic E-state index is 12.2. The molecule has 2 aromatic carbocycles. The van der Waals surface area contributed by atoms with Gasteiger partial charge >= 0.3 is 6.18 Å². The molecule has 0 saturated carbocycles. The van der Waals surface area contributed by atoms with Crippen molar-refractivity contribution >= 4 is 11.9 Å². The van der Waals surface area contributed by atoms with Crippen molar-refractivity contribution < 1.29 is 22.7 Å². The molecule has 9 heteroatoms. The third-order valence-corrected chi connectivity index (χ3v) is 3.98. The Hall–Kier alpha value is -3.23. The molecule has 0 saturated heterocycles. The minimum Gasteiger partial charge on any atom is -0.484 e. The third kappa shape index (κ3) is 8.85. The van der Waals surface area contributed by atoms with E-state index in [1.54, 1.807) is 31.3 Å². The summed E-state index contributed by atoms with van der Waals surface area (Å²) in [7, 11) is 1.64. The van der Waals surface area contributed by atoms with E-state index in [1.165, 1.54) is 12.1 Å². The molecule has 0 fully saturated rings. The molecule has 0 atom stereocenters. The molecule has 162 valence electrons. The molecule has 6 nitrogen and oxygen atoms in total. The van der Waals surface area contributed by atoms with Crippen LogP contribution >= 0.6 is 0 Å². The van der Waals surface area contributed by atoms with Gasteiger partial charge in [-0.1, -0.05) is 30.3 Å². The van der Waals surface area contributed by atoms with Crippen LogP contribution in [0.5, 0.6) is 5.75 Å². The third-order valence-electron chi connectivity index (χ3n) is 3.98. The average Bonchev–Trinajstić information content (AvgIpc) is 2.75. The molecule has 0 radical (unpaired) electrons. The summed E-state index contributed by atoms with van der Waals surface area (Å²) in [6.45, 7) is 0.271. The van der Waals surface area contributed by atoms with Crippen molar-refractivity contribution in [2.45, 2.75) is 19.1 Å². The predicted octanol–water partition coefficient (Wildman–Crippen LogP) is 3.11. The topological polar surface area (TPSA) is 74.8 Å². The van der Waals surface area contributed by atoms with E-state index in [2.05, 4.69) is 25.7 Å². The summed E-state index contributed by atoms with van der Waals surface area (Å²) in [5.41, 5.74) is 1.49. The van der Waals surface area contributed by atoms with Gasteiger partial charge in [0.2, 0.25) is 0 Å². The number of ether oxygens (including phenoxy) is 1. The summed E-state index contributed by atoms with van der Waals surface area (Å²) in [4.78, 5) is 16.1. The van der Waals surface area contributed by atoms with Crippen molar-refractivity contribution in [1.82, 2.24) is 16.0 Å². The van der Waals surface area contributed by atoms with Gasteiger partial charge in [-0.15, -0.1) is 0 Å². The summed E-state index contributed by atoms with van der Waals surface area (Å²) in [6, 6.07) is 15.4. The van der Waals surface area contributed by atoms with Gasteiger partial charge in [0.1, 0.15) is 5.75 Å². The second-order valence-corrected chi connectivity index (χ2v) is 6.38. The maximum Gasteiger partial charge on any atom is 0.422 e. The summed E-state index contributed by atoms with van der Waals surface area (Å²) in [6.07, 6.45) is -3.65. The number of carbonyl (C=O) groups excluding carboxylic acids is 1. The number of benzene rings is 2. The average molecular weight is 422 g/mol. The standard InChI is InChI=1S/C21H25F3N4O2/c1-25-20(27-13-5-12-26-19(29)17-6-3-2-4-7-17)28-14-16-8-10-18(11-9-16)30-15-21(22,23)24/h2-4,6-11H,5,12-15H2,1H3,(H,26,29)(H2,25,27,28). The van der Waals surface area contributed by atoms with Crippen LogP contribution in [0.15, 0.2) is 59.6 Å². The fourth-order valence-corrected chi connectivity index (χ4v) is 2.46. The zero-order chi connectivity index (χ0) is 21.8. The zero-order valence-electron chi connectivity index (χ0n) is 16.6. The highest BCUT2D eigenvalue weighted by atomic mass is 19.4. The van der Waals surface area contributed by atoms with Crippen molar-refractivity contribution in [1.29, 1.82) is 0 Å². The second kappa shape index (κ2) is 11.7. The molecule has 30 heavy (non-hydrogen) atoms. The van der Waals surface area contributed by atoms with Crippen molar-refractivity contribution in [3.8, 4) is 5.75 Å². The minimum absolute atomic E-state index is 0.110. The van der Waals surface area contributed by atoms with Crippen LogP contribution in [0.2, 0.25) is 0 Å². The van der Waals surface area contributed by atoms with Crippen LogP contribution in [-0.4, -0.2) is 44.8 Å². The number of rotatable bonds is 9. The van der Waals surface area contributed by atoms with Crippen LogP contribution in [0.1, 0.15) is 22.3 Å². The highest BCUT2D eigenvalue weighted by Gasteiger charge is 2.28. The lowest BCUT2D eigenvalue weighted by Crippen LogP contribution is -2.38. The highest BCUT2D eigenvalue weighted by Crippen LogP contribution is 2.18. The van der Waals surface area contributed by atoms with E-state index < -0.39 is 12.8 Å². The number of halogens is 3. The number of hydrogen-bond donors (Lipinski definition) is 3. The first-order chi connectivity index (χ1) is 14.4. The van der Waals surface area contributed by atoms with E-state index in [1.807, 2.05) is 18.2 Å². The van der Waals surface area contributed by atoms with E-state index in [9.17, 15) is 18.0 Å². The minimum atomic E-state index is -4.36. The zero-order valence-corrected chi connectivity index (χ0v) is 16.6. The van der Waals surface area contributed by atoms with Gasteiger partial charge in [-0.3, -0.25) is 9.79 Å². The molecule has 2 aromatic rings. The lowest BCUT2D eigenvalue weighted by Gasteiger charge is -2.13. The van der Waals surface area contributed by atoms with Crippen molar-refractivity contribution in [2.75, 3.05) is 26.7 Å². The number of carbonyl (C=O) groups is 1. The highest BCUT2D eigenvalue weighted by molar-refractivity contribution is 5.94. The Morgan fingerprint density at radius 1 is 0.967 bits per heavy atom. The van der Waals surface area contributed by atoms with Gasteiger partial charge in [0.25, 0.3) is 5.91 Å². The first-order valence-electron chi connectivity index (χ1n) is 9.43. The summed E-state index contributed by atoms with van der Waals surface area (Å²) in [5.74, 6) is 0.638. The summed E-state index contributed by atoms with van der Waals surface area (Å²) in [5, 5.41) is 9.11. The first-order valence-corrected chi connectivity index (χ1v) is 9.43. The molecule has 0 aliphatic carbocycles. The normalized spacial score (nSPS) is 11.7. The Morgan fingerprint density at radius 2 is 1.63 bits per heavy atom. The van der Waals surface area contributed by atoms with Gasteiger partial charge in [0.05, 0.1) is 0 Å². The van der Waals surface area contributed by atoms with E-state index in [0.717, 1.165) is 5.56 Å². The lowest BCUT2D eigenvalue weighted by atomic mass is 10.2. The van der Waals surface area contributed by atoms with Gasteiger partial charge in [0.15, 0.2) is 12.6 Å². The molecule has 0 unspecified atom stereocenters. The van der Waals surface area contributed by atoms with E-state index in [-0.39, 0.29) is 11.7 Å². The van der Waals surface area contributed by atoms with Gasteiger partial charge in [-0.2, -0.15) is 13.2 Å². The molecule has 0 aromatic heterocycles. The van der Waals surface area contributed by atoms with Crippen LogP contribution in [0.3, 0.4) is 0 Å². The SMILES string of the molecule is CN=C(NCCCNC(=O)c1ccccc1)NCc1ccc(OCC(F)(F)F)cc1. The van der Waals surface area contributed by atoms with E-state index in [4.69, 9.17) is 0 Å². The molecule has 2 rings (SSSR count). The summed E-state index contributed by atoms with van der Waals surface area (Å²) < 4.78 is 41.2. The van der Waals surface area contributed by atoms with Gasteiger partial charge in [-0.05, 0) is 36.2 Å². The summed E-state index contributed by atoms with van der Waals surface area (Å²) >= 11 is 0. The fourth-order valence-electron chi connectivity index (χ4n) is 2.46. The number of hydrogen-bond acceptors (Lipinski definition) is 3. The molecule has 0 spiro atoms. The van der Waals surface area contributed by atoms with Crippen LogP contribution in [-0.2, 0) is 6.54 Å². The molecule has 0 bridgehead atoms. The Bertz CT molecular complexity index is 809. The number of aliphatic imine (C=N–C) groups is 1. The molecular weight excluding hydrogens is 397 g/mol. The largest absolute Gasteiger partial charge is 0.484 e. The lowest BCUT2D eigenvalue weighted by molar-refractivity contribution is -0.153. The van der Waals surface area contributed by atoms with Gasteiger partial charge in [0, 0.05) is 32.2 Å². The van der Waals surface area contributed by atoms with Crippen LogP contribution < -0.4 is 20.7 Å². The van der Waals surface area contributed by atoms with Gasteiger partial charge in [-0.25, -0.2) is 0 Å². The van der Waals surface area contributed by atoms with Crippen LogP contribution in [0.4, 0.5) is 13.2 Å². The van der Waals surface area contributed by atoms with Gasteiger partial charge < -0.3 is 20.7 Å². The molecule has 3 N–H and O–H groups in total. The second-order valence-electron chi connectivity index (χ2n) is 6.38. The van der Waals surface area contributed by atoms with Crippen molar-refractivity contribution in [2.24, 2.45) is 4.99 Å². The Kier molecular flexibility index (Phi) is 8.99. The first kappa shape index (κ1) is 23.1. The quantitative estimate of drug-likeness (QED) is 0.330. The molecule has 1 amide bonds. The smallest absolute Gasteiger partial charge is 0.422 e. The number of amides is 1.